The number of carbonyl (C=O) groups is 1. The second-order valence-corrected chi connectivity index (χ2v) is 6.26. The molecule has 2 heterocycles. The Hall–Kier alpha value is -2.34. The molecule has 23 heavy (non-hydrogen) atoms. The van der Waals surface area contributed by atoms with Crippen LogP contribution in [0.3, 0.4) is 0 Å². The SMILES string of the molecule is CCc1nc(C(C)NC(=O)NCc2cc3ccccc3o2)cs1. The predicted octanol–water partition coefficient (Wildman–Crippen LogP) is 4.01. The molecule has 3 aromatic rings. The van der Waals surface area contributed by atoms with E-state index in [0.717, 1.165) is 33.9 Å². The van der Waals surface area contributed by atoms with Crippen molar-refractivity contribution in [1.29, 1.82) is 0 Å². The van der Waals surface area contributed by atoms with Gasteiger partial charge in [-0.05, 0) is 25.5 Å². The zero-order valence-corrected chi connectivity index (χ0v) is 13.9. The van der Waals surface area contributed by atoms with Gasteiger partial charge in [0.25, 0.3) is 0 Å². The third kappa shape index (κ3) is 3.71. The molecular formula is C17H19N3O2S. The molecule has 0 aliphatic rings. The second-order valence-electron chi connectivity index (χ2n) is 5.32. The molecule has 2 aromatic heterocycles. The lowest BCUT2D eigenvalue weighted by molar-refractivity contribution is 0.236. The van der Waals surface area contributed by atoms with Crippen molar-refractivity contribution in [2.45, 2.75) is 32.9 Å². The van der Waals surface area contributed by atoms with Gasteiger partial charge in [-0.1, -0.05) is 25.1 Å². The first kappa shape index (κ1) is 15.6. The van der Waals surface area contributed by atoms with E-state index in [4.69, 9.17) is 4.42 Å². The molecule has 1 aromatic carbocycles. The van der Waals surface area contributed by atoms with E-state index in [1.165, 1.54) is 0 Å². The number of nitrogens with zero attached hydrogens (tertiary/aromatic N) is 1. The number of furan rings is 1. The zero-order chi connectivity index (χ0) is 16.2. The molecule has 0 bridgehead atoms. The molecule has 1 atom stereocenters. The Labute approximate surface area is 138 Å². The number of hydrogen-bond donors (Lipinski definition) is 2. The lowest BCUT2D eigenvalue weighted by atomic mass is 10.2. The van der Waals surface area contributed by atoms with Gasteiger partial charge in [-0.3, -0.25) is 0 Å². The van der Waals surface area contributed by atoms with Crippen LogP contribution in [0.25, 0.3) is 11.0 Å². The number of amides is 2. The van der Waals surface area contributed by atoms with Crippen molar-refractivity contribution in [2.75, 3.05) is 0 Å². The number of fused-ring (bicyclic) bond motifs is 1. The highest BCUT2D eigenvalue weighted by Crippen LogP contribution is 2.19. The van der Waals surface area contributed by atoms with Gasteiger partial charge in [0.15, 0.2) is 0 Å². The first-order chi connectivity index (χ1) is 11.2. The lowest BCUT2D eigenvalue weighted by Crippen LogP contribution is -2.36. The van der Waals surface area contributed by atoms with Crippen LogP contribution in [0.15, 0.2) is 40.1 Å². The molecule has 0 radical (unpaired) electrons. The van der Waals surface area contributed by atoms with Gasteiger partial charge in [-0.15, -0.1) is 11.3 Å². The van der Waals surface area contributed by atoms with Crippen molar-refractivity contribution in [3.63, 3.8) is 0 Å². The van der Waals surface area contributed by atoms with E-state index < -0.39 is 0 Å². The highest BCUT2D eigenvalue weighted by Gasteiger charge is 2.13. The van der Waals surface area contributed by atoms with Crippen molar-refractivity contribution >= 4 is 28.3 Å². The Morgan fingerprint density at radius 1 is 1.39 bits per heavy atom. The molecule has 2 amide bonds. The largest absolute Gasteiger partial charge is 0.459 e. The van der Waals surface area contributed by atoms with E-state index in [2.05, 4.69) is 22.5 Å². The molecule has 2 N–H and O–H groups in total. The van der Waals surface area contributed by atoms with E-state index in [9.17, 15) is 4.79 Å². The standard InChI is InChI=1S/C17H19N3O2S/c1-3-16-20-14(10-23-16)11(2)19-17(21)18-9-13-8-12-6-4-5-7-15(12)22-13/h4-8,10-11H,3,9H2,1-2H3,(H2,18,19,21). The average molecular weight is 329 g/mol. The number of urea groups is 1. The lowest BCUT2D eigenvalue weighted by Gasteiger charge is -2.12. The molecule has 0 saturated heterocycles. The molecule has 3 rings (SSSR count). The first-order valence-electron chi connectivity index (χ1n) is 7.62. The molecule has 0 aliphatic carbocycles. The van der Waals surface area contributed by atoms with Crippen molar-refractivity contribution in [2.24, 2.45) is 0 Å². The second kappa shape index (κ2) is 6.83. The fourth-order valence-corrected chi connectivity index (χ4v) is 3.14. The van der Waals surface area contributed by atoms with E-state index >= 15 is 0 Å². The summed E-state index contributed by atoms with van der Waals surface area (Å²) in [5.41, 5.74) is 1.72. The number of aromatic nitrogens is 1. The minimum atomic E-state index is -0.232. The van der Waals surface area contributed by atoms with Gasteiger partial charge in [0, 0.05) is 10.8 Å². The first-order valence-corrected chi connectivity index (χ1v) is 8.49. The normalized spacial score (nSPS) is 12.3. The Bertz CT molecular complexity index is 776. The molecule has 120 valence electrons. The van der Waals surface area contributed by atoms with Crippen molar-refractivity contribution < 1.29 is 9.21 Å². The van der Waals surface area contributed by atoms with Gasteiger partial charge in [-0.2, -0.15) is 0 Å². The summed E-state index contributed by atoms with van der Waals surface area (Å²) in [6, 6.07) is 9.36. The molecule has 0 saturated carbocycles. The van der Waals surface area contributed by atoms with Gasteiger partial charge in [0.2, 0.25) is 0 Å². The van der Waals surface area contributed by atoms with Crippen LogP contribution in [0, 0.1) is 0 Å². The molecular weight excluding hydrogens is 310 g/mol. The number of nitrogens with one attached hydrogen (secondary N) is 2. The number of para-hydroxylation sites is 1. The number of hydrogen-bond acceptors (Lipinski definition) is 4. The van der Waals surface area contributed by atoms with Crippen LogP contribution in [0.2, 0.25) is 0 Å². The number of thiazole rings is 1. The summed E-state index contributed by atoms with van der Waals surface area (Å²) in [7, 11) is 0. The number of carbonyl (C=O) groups excluding carboxylic acids is 1. The van der Waals surface area contributed by atoms with E-state index in [1.54, 1.807) is 11.3 Å². The minimum Gasteiger partial charge on any atom is -0.459 e. The van der Waals surface area contributed by atoms with Crippen LogP contribution in [0.4, 0.5) is 4.79 Å². The van der Waals surface area contributed by atoms with Gasteiger partial charge in [0.05, 0.1) is 23.3 Å². The number of aryl methyl sites for hydroxylation is 1. The molecule has 0 aliphatic heterocycles. The summed E-state index contributed by atoms with van der Waals surface area (Å²) < 4.78 is 5.67. The zero-order valence-electron chi connectivity index (χ0n) is 13.1. The third-order valence-electron chi connectivity index (χ3n) is 3.56. The molecule has 0 fully saturated rings. The Morgan fingerprint density at radius 3 is 2.96 bits per heavy atom. The van der Waals surface area contributed by atoms with Gasteiger partial charge in [0.1, 0.15) is 11.3 Å². The highest BCUT2D eigenvalue weighted by atomic mass is 32.1. The van der Waals surface area contributed by atoms with E-state index in [-0.39, 0.29) is 12.1 Å². The van der Waals surface area contributed by atoms with Crippen LogP contribution in [0.5, 0.6) is 0 Å². The molecule has 5 nitrogen and oxygen atoms in total. The maximum Gasteiger partial charge on any atom is 0.315 e. The highest BCUT2D eigenvalue weighted by molar-refractivity contribution is 7.09. The minimum absolute atomic E-state index is 0.123. The summed E-state index contributed by atoms with van der Waals surface area (Å²) in [5.74, 6) is 0.732. The maximum absolute atomic E-state index is 12.0. The van der Waals surface area contributed by atoms with Crippen LogP contribution >= 0.6 is 11.3 Å². The Kier molecular flexibility index (Phi) is 4.62. The van der Waals surface area contributed by atoms with Crippen LogP contribution < -0.4 is 10.6 Å². The molecule has 1 unspecified atom stereocenters. The van der Waals surface area contributed by atoms with Gasteiger partial charge < -0.3 is 15.1 Å². The molecule has 6 heteroatoms. The van der Waals surface area contributed by atoms with E-state index in [0.29, 0.717) is 6.54 Å². The summed E-state index contributed by atoms with van der Waals surface area (Å²) in [4.78, 5) is 16.5. The smallest absolute Gasteiger partial charge is 0.315 e. The number of rotatable bonds is 5. The molecule has 0 spiro atoms. The van der Waals surface area contributed by atoms with Crippen molar-refractivity contribution in [3.05, 3.63) is 52.2 Å². The number of benzene rings is 1. The third-order valence-corrected chi connectivity index (χ3v) is 4.57. The van der Waals surface area contributed by atoms with Crippen LogP contribution in [0.1, 0.15) is 36.4 Å². The topological polar surface area (TPSA) is 67.2 Å². The monoisotopic (exact) mass is 329 g/mol. The van der Waals surface area contributed by atoms with Gasteiger partial charge in [-0.25, -0.2) is 9.78 Å². The van der Waals surface area contributed by atoms with E-state index in [1.807, 2.05) is 42.6 Å². The summed E-state index contributed by atoms with van der Waals surface area (Å²) >= 11 is 1.62. The summed E-state index contributed by atoms with van der Waals surface area (Å²) in [5, 5.41) is 9.81. The quantitative estimate of drug-likeness (QED) is 0.743. The van der Waals surface area contributed by atoms with Crippen LogP contribution in [-0.4, -0.2) is 11.0 Å². The van der Waals surface area contributed by atoms with Crippen molar-refractivity contribution in [3.8, 4) is 0 Å². The fraction of sp³-hybridized carbons (Fsp3) is 0.294. The average Bonchev–Trinajstić information content (AvgIpc) is 3.19. The Morgan fingerprint density at radius 2 is 2.22 bits per heavy atom. The summed E-state index contributed by atoms with van der Waals surface area (Å²) in [6.07, 6.45) is 0.912. The van der Waals surface area contributed by atoms with Crippen molar-refractivity contribution in [1.82, 2.24) is 15.6 Å². The Balaban J connectivity index is 1.54. The summed E-state index contributed by atoms with van der Waals surface area (Å²) in [6.45, 7) is 4.35. The maximum atomic E-state index is 12.0. The van der Waals surface area contributed by atoms with Crippen LogP contribution in [-0.2, 0) is 13.0 Å². The van der Waals surface area contributed by atoms with Gasteiger partial charge >= 0.3 is 6.03 Å². The fourth-order valence-electron chi connectivity index (χ4n) is 2.30. The predicted molar refractivity (Wildman–Crippen MR) is 91.5 cm³/mol.